The summed E-state index contributed by atoms with van der Waals surface area (Å²) in [6.45, 7) is 10.0. The Kier molecular flexibility index (Phi) is 6.12. The number of halogens is 1. The molecule has 31 heavy (non-hydrogen) atoms. The van der Waals surface area contributed by atoms with Crippen LogP contribution in [0.3, 0.4) is 0 Å². The van der Waals surface area contributed by atoms with Gasteiger partial charge in [-0.15, -0.1) is 0 Å². The summed E-state index contributed by atoms with van der Waals surface area (Å²) in [5.74, 6) is -0.397. The van der Waals surface area contributed by atoms with E-state index in [9.17, 15) is 14.0 Å². The summed E-state index contributed by atoms with van der Waals surface area (Å²) in [5.41, 5.74) is 2.46. The number of piperidine rings is 1. The van der Waals surface area contributed by atoms with E-state index in [1.54, 1.807) is 6.07 Å². The zero-order chi connectivity index (χ0) is 22.2. The van der Waals surface area contributed by atoms with Gasteiger partial charge in [0.15, 0.2) is 0 Å². The molecule has 1 aromatic carbocycles. The number of nitrogens with zero attached hydrogens (tertiary/aromatic N) is 1. The Morgan fingerprint density at radius 2 is 1.97 bits per heavy atom. The topological polar surface area (TPSA) is 61.4 Å². The number of benzene rings is 1. The molecule has 6 heteroatoms. The van der Waals surface area contributed by atoms with Crippen LogP contribution in [0.4, 0.5) is 4.39 Å². The zero-order valence-corrected chi connectivity index (χ0v) is 19.1. The average molecular weight is 430 g/mol. The van der Waals surface area contributed by atoms with Gasteiger partial charge in [0.05, 0.1) is 6.04 Å². The minimum atomic E-state index is -0.446. The minimum Gasteiger partial charge on any atom is -0.348 e. The quantitative estimate of drug-likeness (QED) is 0.765. The van der Waals surface area contributed by atoms with E-state index in [4.69, 9.17) is 0 Å². The van der Waals surface area contributed by atoms with Gasteiger partial charge in [0, 0.05) is 6.42 Å². The number of hydrogen-bond acceptors (Lipinski definition) is 3. The molecular weight excluding hydrogens is 393 g/mol. The van der Waals surface area contributed by atoms with Crippen LogP contribution in [0, 0.1) is 11.2 Å². The van der Waals surface area contributed by atoms with Gasteiger partial charge in [0.25, 0.3) is 0 Å². The molecule has 0 bridgehead atoms. The fourth-order valence-corrected chi connectivity index (χ4v) is 5.45. The molecule has 170 valence electrons. The highest BCUT2D eigenvalue weighted by Crippen LogP contribution is 2.48. The largest absolute Gasteiger partial charge is 0.348 e. The Bertz CT molecular complexity index is 840. The van der Waals surface area contributed by atoms with Gasteiger partial charge >= 0.3 is 0 Å². The van der Waals surface area contributed by atoms with E-state index in [1.165, 1.54) is 12.5 Å². The molecule has 2 saturated heterocycles. The standard InChI is InChI=1S/C25H36FN3O2/c1-24(2,3)10-13-29-14-11-25(12-15-29)9-8-20(18-5-4-17(26)16-19(18)25)28-23(31)21-6-7-22(30)27-21/h4-5,16,20-21H,6-15H2,1-3H3,(H,27,30)(H,28,31)/t20-,21?/m0/s1. The van der Waals surface area contributed by atoms with Gasteiger partial charge in [0.2, 0.25) is 11.8 Å². The lowest BCUT2D eigenvalue weighted by atomic mass is 9.63. The lowest BCUT2D eigenvalue weighted by molar-refractivity contribution is -0.126. The number of nitrogens with one attached hydrogen (secondary N) is 2. The molecule has 0 aromatic heterocycles. The molecule has 2 aliphatic heterocycles. The maximum atomic E-state index is 14.3. The Morgan fingerprint density at radius 3 is 2.61 bits per heavy atom. The highest BCUT2D eigenvalue weighted by Gasteiger charge is 2.43. The van der Waals surface area contributed by atoms with Crippen LogP contribution in [-0.2, 0) is 15.0 Å². The van der Waals surface area contributed by atoms with E-state index < -0.39 is 6.04 Å². The number of carbonyl (C=O) groups excluding carboxylic acids is 2. The van der Waals surface area contributed by atoms with Crippen LogP contribution in [0.5, 0.6) is 0 Å². The molecular formula is C25H36FN3O2. The first-order valence-corrected chi connectivity index (χ1v) is 11.8. The smallest absolute Gasteiger partial charge is 0.243 e. The molecule has 0 radical (unpaired) electrons. The second kappa shape index (κ2) is 8.53. The predicted molar refractivity (Wildman–Crippen MR) is 119 cm³/mol. The number of hydrogen-bond donors (Lipinski definition) is 2. The maximum Gasteiger partial charge on any atom is 0.243 e. The molecule has 3 aliphatic rings. The van der Waals surface area contributed by atoms with Gasteiger partial charge in [-0.1, -0.05) is 26.8 Å². The van der Waals surface area contributed by atoms with Crippen LogP contribution in [0.2, 0.25) is 0 Å². The van der Waals surface area contributed by atoms with Crippen molar-refractivity contribution in [1.82, 2.24) is 15.5 Å². The molecule has 1 spiro atoms. The Hall–Kier alpha value is -1.95. The monoisotopic (exact) mass is 429 g/mol. The van der Waals surface area contributed by atoms with Crippen LogP contribution in [0.25, 0.3) is 0 Å². The molecule has 1 aliphatic carbocycles. The van der Waals surface area contributed by atoms with Crippen LogP contribution in [-0.4, -0.2) is 42.4 Å². The first kappa shape index (κ1) is 22.3. The number of amides is 2. The fourth-order valence-electron chi connectivity index (χ4n) is 5.45. The lowest BCUT2D eigenvalue weighted by Crippen LogP contribution is -2.48. The molecule has 2 N–H and O–H groups in total. The minimum absolute atomic E-state index is 0.00152. The number of fused-ring (bicyclic) bond motifs is 2. The van der Waals surface area contributed by atoms with E-state index >= 15 is 0 Å². The second-order valence-electron chi connectivity index (χ2n) is 10.9. The molecule has 2 atom stereocenters. The molecule has 0 saturated carbocycles. The molecule has 4 rings (SSSR count). The Morgan fingerprint density at radius 1 is 1.23 bits per heavy atom. The molecule has 2 heterocycles. The van der Waals surface area contributed by atoms with Gasteiger partial charge in [0.1, 0.15) is 11.9 Å². The maximum absolute atomic E-state index is 14.3. The summed E-state index contributed by atoms with van der Waals surface area (Å²) in [6, 6.07) is 4.50. The first-order valence-electron chi connectivity index (χ1n) is 11.8. The van der Waals surface area contributed by atoms with E-state index in [2.05, 4.69) is 36.3 Å². The summed E-state index contributed by atoms with van der Waals surface area (Å²) in [7, 11) is 0. The van der Waals surface area contributed by atoms with Crippen LogP contribution in [0.15, 0.2) is 18.2 Å². The number of rotatable bonds is 4. The molecule has 1 aromatic rings. The Labute approximate surface area is 185 Å². The van der Waals surface area contributed by atoms with Crippen molar-refractivity contribution in [3.8, 4) is 0 Å². The summed E-state index contributed by atoms with van der Waals surface area (Å²) in [5, 5.41) is 5.88. The van der Waals surface area contributed by atoms with E-state index in [0.29, 0.717) is 18.3 Å². The average Bonchev–Trinajstić information content (AvgIpc) is 3.16. The van der Waals surface area contributed by atoms with Crippen molar-refractivity contribution in [3.63, 3.8) is 0 Å². The molecule has 1 unspecified atom stereocenters. The SMILES string of the molecule is CC(C)(C)CCN1CCC2(CC[C@H](NC(=O)C3CCC(=O)N3)c3ccc(F)cc32)CC1. The highest BCUT2D eigenvalue weighted by molar-refractivity contribution is 5.91. The van der Waals surface area contributed by atoms with Gasteiger partial charge in [-0.2, -0.15) is 0 Å². The van der Waals surface area contributed by atoms with Crippen LogP contribution in [0.1, 0.15) is 82.9 Å². The van der Waals surface area contributed by atoms with Crippen molar-refractivity contribution in [1.29, 1.82) is 0 Å². The zero-order valence-electron chi connectivity index (χ0n) is 19.1. The van der Waals surface area contributed by atoms with Crippen LogP contribution >= 0.6 is 0 Å². The van der Waals surface area contributed by atoms with Crippen LogP contribution < -0.4 is 10.6 Å². The van der Waals surface area contributed by atoms with Crippen molar-refractivity contribution in [2.45, 2.75) is 83.2 Å². The number of likely N-dealkylation sites (tertiary alicyclic amines) is 1. The molecule has 2 fully saturated rings. The lowest BCUT2D eigenvalue weighted by Gasteiger charge is -2.47. The number of carbonyl (C=O) groups is 2. The third-order valence-electron chi connectivity index (χ3n) is 7.49. The van der Waals surface area contributed by atoms with Crippen molar-refractivity contribution in [3.05, 3.63) is 35.1 Å². The highest BCUT2D eigenvalue weighted by atomic mass is 19.1. The van der Waals surface area contributed by atoms with E-state index in [0.717, 1.165) is 56.4 Å². The summed E-state index contributed by atoms with van der Waals surface area (Å²) in [6.07, 6.45) is 6.00. The van der Waals surface area contributed by atoms with Gasteiger partial charge in [-0.3, -0.25) is 9.59 Å². The second-order valence-corrected chi connectivity index (χ2v) is 10.9. The van der Waals surface area contributed by atoms with Crippen molar-refractivity contribution < 1.29 is 14.0 Å². The van der Waals surface area contributed by atoms with Crippen molar-refractivity contribution >= 4 is 11.8 Å². The van der Waals surface area contributed by atoms with Crippen molar-refractivity contribution in [2.24, 2.45) is 5.41 Å². The third kappa shape index (κ3) is 4.94. The summed E-state index contributed by atoms with van der Waals surface area (Å²) < 4.78 is 14.3. The normalized spacial score (nSPS) is 25.9. The molecule has 5 nitrogen and oxygen atoms in total. The van der Waals surface area contributed by atoms with Gasteiger partial charge < -0.3 is 15.5 Å². The third-order valence-corrected chi connectivity index (χ3v) is 7.49. The fraction of sp³-hybridized carbons (Fsp3) is 0.680. The Balaban J connectivity index is 1.47. The summed E-state index contributed by atoms with van der Waals surface area (Å²) >= 11 is 0. The van der Waals surface area contributed by atoms with Gasteiger partial charge in [-0.05, 0) is 92.2 Å². The first-order chi connectivity index (χ1) is 14.7. The van der Waals surface area contributed by atoms with E-state index in [-0.39, 0.29) is 29.1 Å². The van der Waals surface area contributed by atoms with E-state index in [1.807, 2.05) is 6.07 Å². The predicted octanol–water partition coefficient (Wildman–Crippen LogP) is 3.83. The van der Waals surface area contributed by atoms with Crippen molar-refractivity contribution in [2.75, 3.05) is 19.6 Å². The summed E-state index contributed by atoms with van der Waals surface area (Å²) in [4.78, 5) is 26.7. The van der Waals surface area contributed by atoms with Gasteiger partial charge in [-0.25, -0.2) is 4.39 Å². The molecule has 2 amide bonds.